The van der Waals surface area contributed by atoms with Gasteiger partial charge in [0, 0.05) is 12.3 Å². The number of ether oxygens (including phenoxy) is 1. The molecule has 0 aliphatic heterocycles. The zero-order valence-corrected chi connectivity index (χ0v) is 18.6. The smallest absolute Gasteiger partial charge is 0.241 e. The molecular formula is C20H27NO5S2. The van der Waals surface area contributed by atoms with E-state index in [1.165, 1.54) is 12.1 Å². The predicted molar refractivity (Wildman–Crippen MR) is 110 cm³/mol. The first-order valence-corrected chi connectivity index (χ1v) is 12.2. The number of nitrogens with one attached hydrogen (secondary N) is 1. The summed E-state index contributed by atoms with van der Waals surface area (Å²) in [6.07, 6.45) is 1.13. The van der Waals surface area contributed by atoms with Crippen molar-refractivity contribution in [3.8, 4) is 5.75 Å². The average Bonchev–Trinajstić information content (AvgIpc) is 2.59. The van der Waals surface area contributed by atoms with Crippen molar-refractivity contribution in [1.29, 1.82) is 0 Å². The molecule has 6 nitrogen and oxygen atoms in total. The van der Waals surface area contributed by atoms with Crippen LogP contribution in [0.3, 0.4) is 0 Å². The van der Waals surface area contributed by atoms with Crippen LogP contribution < -0.4 is 9.46 Å². The molecule has 8 heteroatoms. The zero-order valence-electron chi connectivity index (χ0n) is 17.0. The van der Waals surface area contributed by atoms with Gasteiger partial charge in [0.1, 0.15) is 5.75 Å². The highest BCUT2D eigenvalue weighted by molar-refractivity contribution is 7.90. The number of sulfone groups is 1. The van der Waals surface area contributed by atoms with Crippen LogP contribution in [0.25, 0.3) is 0 Å². The lowest BCUT2D eigenvalue weighted by atomic mass is 10.0. The van der Waals surface area contributed by atoms with Crippen LogP contribution in [-0.2, 0) is 19.9 Å². The molecule has 0 amide bonds. The highest BCUT2D eigenvalue weighted by Crippen LogP contribution is 2.32. The molecule has 2 aromatic carbocycles. The van der Waals surface area contributed by atoms with Gasteiger partial charge in [0.2, 0.25) is 10.0 Å². The average molecular weight is 426 g/mol. The summed E-state index contributed by atoms with van der Waals surface area (Å²) in [6, 6.07) is 9.04. The lowest BCUT2D eigenvalue weighted by Crippen LogP contribution is -2.27. The fourth-order valence-corrected chi connectivity index (χ4v) is 5.09. The lowest BCUT2D eigenvalue weighted by Gasteiger charge is -2.19. The molecule has 2 rings (SSSR count). The molecule has 0 heterocycles. The first kappa shape index (κ1) is 22.4. The third-order valence-corrected chi connectivity index (χ3v) is 7.39. The van der Waals surface area contributed by atoms with Gasteiger partial charge in [-0.25, -0.2) is 21.6 Å². The number of rotatable bonds is 7. The van der Waals surface area contributed by atoms with Crippen molar-refractivity contribution >= 4 is 19.9 Å². The van der Waals surface area contributed by atoms with Crippen molar-refractivity contribution in [3.63, 3.8) is 0 Å². The first-order chi connectivity index (χ1) is 12.9. The number of methoxy groups -OCH3 is 1. The number of hydrogen-bond donors (Lipinski definition) is 1. The van der Waals surface area contributed by atoms with Crippen LogP contribution in [0.1, 0.15) is 49.4 Å². The van der Waals surface area contributed by atoms with Crippen molar-refractivity contribution < 1.29 is 21.6 Å². The second-order valence-electron chi connectivity index (χ2n) is 7.20. The van der Waals surface area contributed by atoms with E-state index in [1.807, 2.05) is 13.8 Å². The van der Waals surface area contributed by atoms with E-state index in [9.17, 15) is 16.8 Å². The van der Waals surface area contributed by atoms with E-state index >= 15 is 0 Å². The van der Waals surface area contributed by atoms with Crippen LogP contribution in [-0.4, -0.2) is 30.2 Å². The third kappa shape index (κ3) is 4.92. The third-order valence-electron chi connectivity index (χ3n) is 4.58. The Balaban J connectivity index is 2.36. The standard InChI is InChI=1S/C20H27NO5S2/c1-13(2)18-12-20(14(3)11-19(18)26-5)28(24,25)21-15(4)16-7-9-17(10-8-16)27(6,22)23/h7-13,15,21H,1-6H3. The Morgan fingerprint density at radius 1 is 0.964 bits per heavy atom. The SMILES string of the molecule is COc1cc(C)c(S(=O)(=O)NC(C)c2ccc(S(C)(=O)=O)cc2)cc1C(C)C. The van der Waals surface area contributed by atoms with Gasteiger partial charge in [0.25, 0.3) is 0 Å². The van der Waals surface area contributed by atoms with E-state index in [4.69, 9.17) is 4.74 Å². The van der Waals surface area contributed by atoms with Gasteiger partial charge in [-0.3, -0.25) is 0 Å². The topological polar surface area (TPSA) is 89.5 Å². The van der Waals surface area contributed by atoms with Crippen molar-refractivity contribution in [2.75, 3.05) is 13.4 Å². The van der Waals surface area contributed by atoms with Crippen LogP contribution in [0.4, 0.5) is 0 Å². The molecule has 0 saturated heterocycles. The van der Waals surface area contributed by atoms with Gasteiger partial charge in [-0.1, -0.05) is 26.0 Å². The molecule has 28 heavy (non-hydrogen) atoms. The van der Waals surface area contributed by atoms with Crippen molar-refractivity contribution in [2.45, 2.75) is 49.4 Å². The molecule has 2 aromatic rings. The van der Waals surface area contributed by atoms with E-state index in [2.05, 4.69) is 4.72 Å². The molecule has 154 valence electrons. The summed E-state index contributed by atoms with van der Waals surface area (Å²) in [6.45, 7) is 7.40. The predicted octanol–water partition coefficient (Wildman–Crippen LogP) is 3.57. The quantitative estimate of drug-likeness (QED) is 0.732. The van der Waals surface area contributed by atoms with Crippen molar-refractivity contribution in [3.05, 3.63) is 53.1 Å². The van der Waals surface area contributed by atoms with Gasteiger partial charge in [-0.05, 0) is 60.7 Å². The molecule has 1 N–H and O–H groups in total. The number of hydrogen-bond acceptors (Lipinski definition) is 5. The van der Waals surface area contributed by atoms with Crippen molar-refractivity contribution in [1.82, 2.24) is 4.72 Å². The van der Waals surface area contributed by atoms with Gasteiger partial charge < -0.3 is 4.74 Å². The zero-order chi connectivity index (χ0) is 21.3. The van der Waals surface area contributed by atoms with Crippen LogP contribution in [0, 0.1) is 6.92 Å². The van der Waals surface area contributed by atoms with E-state index in [-0.39, 0.29) is 15.7 Å². The summed E-state index contributed by atoms with van der Waals surface area (Å²) >= 11 is 0. The lowest BCUT2D eigenvalue weighted by molar-refractivity contribution is 0.406. The molecule has 0 aliphatic rings. The van der Waals surface area contributed by atoms with Crippen LogP contribution in [0.2, 0.25) is 0 Å². The van der Waals surface area contributed by atoms with Gasteiger partial charge in [-0.15, -0.1) is 0 Å². The van der Waals surface area contributed by atoms with Crippen LogP contribution in [0.15, 0.2) is 46.2 Å². The molecule has 0 fully saturated rings. The molecule has 0 aromatic heterocycles. The summed E-state index contributed by atoms with van der Waals surface area (Å²) in [7, 11) is -5.52. The molecule has 0 aliphatic carbocycles. The summed E-state index contributed by atoms with van der Waals surface area (Å²) in [4.78, 5) is 0.399. The first-order valence-electron chi connectivity index (χ1n) is 8.87. The second kappa shape index (κ2) is 8.23. The monoisotopic (exact) mass is 425 g/mol. The van der Waals surface area contributed by atoms with Crippen molar-refractivity contribution in [2.24, 2.45) is 0 Å². The minimum Gasteiger partial charge on any atom is -0.496 e. The molecule has 1 atom stereocenters. The maximum absolute atomic E-state index is 13.0. The van der Waals surface area contributed by atoms with Gasteiger partial charge in [-0.2, -0.15) is 0 Å². The molecule has 0 saturated carbocycles. The Morgan fingerprint density at radius 3 is 2.00 bits per heavy atom. The van der Waals surface area contributed by atoms with E-state index < -0.39 is 25.9 Å². The normalized spacial score (nSPS) is 13.5. The van der Waals surface area contributed by atoms with Crippen LogP contribution in [0.5, 0.6) is 5.75 Å². The Labute approximate surface area is 167 Å². The number of aryl methyl sites for hydroxylation is 1. The fraction of sp³-hybridized carbons (Fsp3) is 0.400. The van der Waals surface area contributed by atoms with Gasteiger partial charge >= 0.3 is 0 Å². The minimum absolute atomic E-state index is 0.102. The molecule has 0 bridgehead atoms. The Bertz CT molecular complexity index is 1060. The Morgan fingerprint density at radius 2 is 1.54 bits per heavy atom. The molecule has 1 unspecified atom stereocenters. The highest BCUT2D eigenvalue weighted by Gasteiger charge is 2.23. The van der Waals surface area contributed by atoms with Crippen LogP contribution >= 0.6 is 0 Å². The highest BCUT2D eigenvalue weighted by atomic mass is 32.2. The Hall–Kier alpha value is -1.90. The van der Waals surface area contributed by atoms with E-state index in [1.54, 1.807) is 45.2 Å². The largest absolute Gasteiger partial charge is 0.496 e. The fourth-order valence-electron chi connectivity index (χ4n) is 2.96. The maximum Gasteiger partial charge on any atom is 0.241 e. The minimum atomic E-state index is -3.78. The maximum atomic E-state index is 13.0. The summed E-state index contributed by atoms with van der Waals surface area (Å²) in [5.74, 6) is 0.765. The Kier molecular flexibility index (Phi) is 6.58. The molecule has 0 spiro atoms. The summed E-state index contributed by atoms with van der Waals surface area (Å²) < 4.78 is 57.2. The molecule has 0 radical (unpaired) electrons. The number of benzene rings is 2. The molecular weight excluding hydrogens is 398 g/mol. The second-order valence-corrected chi connectivity index (χ2v) is 10.9. The summed E-state index contributed by atoms with van der Waals surface area (Å²) in [5.41, 5.74) is 2.08. The van der Waals surface area contributed by atoms with Gasteiger partial charge in [0.05, 0.1) is 16.9 Å². The van der Waals surface area contributed by atoms with E-state index in [0.717, 1.165) is 11.8 Å². The summed E-state index contributed by atoms with van der Waals surface area (Å²) in [5, 5.41) is 0. The van der Waals surface area contributed by atoms with E-state index in [0.29, 0.717) is 16.9 Å². The number of sulfonamides is 1. The van der Waals surface area contributed by atoms with Gasteiger partial charge in [0.15, 0.2) is 9.84 Å².